The van der Waals surface area contributed by atoms with E-state index in [0.29, 0.717) is 11.4 Å². The number of hydrogen-bond acceptors (Lipinski definition) is 7. The molecular weight excluding hydrogens is 407 g/mol. The van der Waals surface area contributed by atoms with Crippen LogP contribution in [0.5, 0.6) is 0 Å². The van der Waals surface area contributed by atoms with Crippen LogP contribution in [0.15, 0.2) is 62.3 Å². The minimum absolute atomic E-state index is 0.109. The number of benzene rings is 2. The fraction of sp³-hybridized carbons (Fsp3) is 0.292. The van der Waals surface area contributed by atoms with E-state index in [9.17, 15) is 4.79 Å². The van der Waals surface area contributed by atoms with Gasteiger partial charge in [0.15, 0.2) is 0 Å². The zero-order chi connectivity index (χ0) is 22.7. The smallest absolute Gasteiger partial charge is 0.422 e. The summed E-state index contributed by atoms with van der Waals surface area (Å²) in [7, 11) is -0.498. The molecule has 32 heavy (non-hydrogen) atoms. The summed E-state index contributed by atoms with van der Waals surface area (Å²) < 4.78 is 23.1. The zero-order valence-electron chi connectivity index (χ0n) is 18.6. The molecule has 7 nitrogen and oxygen atoms in total. The molecule has 162 valence electrons. The Hall–Kier alpha value is -3.23. The van der Waals surface area contributed by atoms with Crippen molar-refractivity contribution in [2.75, 3.05) is 0 Å². The maximum absolute atomic E-state index is 12.5. The topological polar surface area (TPSA) is 87.6 Å². The Morgan fingerprint density at radius 1 is 0.938 bits per heavy atom. The molecule has 2 aromatic carbocycles. The van der Waals surface area contributed by atoms with Crippen molar-refractivity contribution in [3.05, 3.63) is 64.5 Å². The molecule has 0 N–H and O–H groups in total. The Balaban J connectivity index is 1.49. The lowest BCUT2D eigenvalue weighted by molar-refractivity contribution is 0.00578. The van der Waals surface area contributed by atoms with Crippen LogP contribution in [0.3, 0.4) is 0 Å². The van der Waals surface area contributed by atoms with Crippen molar-refractivity contribution < 1.29 is 18.2 Å². The summed E-state index contributed by atoms with van der Waals surface area (Å²) in [6, 6.07) is 14.9. The summed E-state index contributed by atoms with van der Waals surface area (Å²) >= 11 is 0. The van der Waals surface area contributed by atoms with E-state index in [1.165, 1.54) is 0 Å². The van der Waals surface area contributed by atoms with Crippen LogP contribution in [0.2, 0.25) is 0 Å². The molecule has 0 unspecified atom stereocenters. The summed E-state index contributed by atoms with van der Waals surface area (Å²) in [6.07, 6.45) is 0. The zero-order valence-corrected chi connectivity index (χ0v) is 18.6. The molecule has 1 aliphatic heterocycles. The average Bonchev–Trinajstić information content (AvgIpc) is 3.30. The minimum atomic E-state index is -0.525. The second kappa shape index (κ2) is 7.15. The standard InChI is InChI=1S/C24H23BN2O5/c1-14-9-10-19-16(11-14)13-18(22(28)29-19)21-26-20(27-30-21)15-7-6-8-17(12-15)25-31-23(2,3)24(4,5)32-25/h6-13H,1-5H3. The van der Waals surface area contributed by atoms with Crippen LogP contribution >= 0.6 is 0 Å². The van der Waals surface area contributed by atoms with Crippen molar-refractivity contribution in [1.29, 1.82) is 0 Å². The molecule has 0 spiro atoms. The van der Waals surface area contributed by atoms with Gasteiger partial charge in [-0.1, -0.05) is 41.1 Å². The van der Waals surface area contributed by atoms with Crippen LogP contribution in [-0.2, 0) is 9.31 Å². The molecule has 0 saturated carbocycles. The van der Waals surface area contributed by atoms with Gasteiger partial charge in [0.2, 0.25) is 5.82 Å². The van der Waals surface area contributed by atoms with Gasteiger partial charge in [-0.25, -0.2) is 4.79 Å². The SMILES string of the molecule is Cc1ccc2oc(=O)c(-c3nc(-c4cccc(B5OC(C)(C)C(C)(C)O5)c4)no3)cc2c1. The number of nitrogens with zero attached hydrogens (tertiary/aromatic N) is 2. The van der Waals surface area contributed by atoms with Gasteiger partial charge in [-0.2, -0.15) is 4.98 Å². The molecule has 0 bridgehead atoms. The Morgan fingerprint density at radius 2 is 1.69 bits per heavy atom. The first kappa shape index (κ1) is 20.7. The Labute approximate surface area is 185 Å². The van der Waals surface area contributed by atoms with Crippen LogP contribution in [0.25, 0.3) is 33.8 Å². The van der Waals surface area contributed by atoms with E-state index in [1.54, 1.807) is 12.1 Å². The van der Waals surface area contributed by atoms with Crippen molar-refractivity contribution in [2.24, 2.45) is 0 Å². The van der Waals surface area contributed by atoms with Crippen molar-refractivity contribution in [3.8, 4) is 22.8 Å². The molecule has 1 fully saturated rings. The molecule has 0 amide bonds. The Kier molecular flexibility index (Phi) is 4.62. The monoisotopic (exact) mass is 430 g/mol. The highest BCUT2D eigenvalue weighted by molar-refractivity contribution is 6.62. The van der Waals surface area contributed by atoms with Gasteiger partial charge in [0.1, 0.15) is 11.1 Å². The van der Waals surface area contributed by atoms with Crippen molar-refractivity contribution in [1.82, 2.24) is 10.1 Å². The normalized spacial score (nSPS) is 17.2. The third kappa shape index (κ3) is 3.45. The lowest BCUT2D eigenvalue weighted by Crippen LogP contribution is -2.41. The fourth-order valence-corrected chi connectivity index (χ4v) is 3.65. The van der Waals surface area contributed by atoms with E-state index in [1.807, 2.05) is 71.0 Å². The van der Waals surface area contributed by atoms with Crippen LogP contribution in [-0.4, -0.2) is 28.5 Å². The van der Waals surface area contributed by atoms with Crippen molar-refractivity contribution in [2.45, 2.75) is 45.8 Å². The number of hydrogen-bond donors (Lipinski definition) is 0. The largest absolute Gasteiger partial charge is 0.494 e. The van der Waals surface area contributed by atoms with Crippen LogP contribution < -0.4 is 11.1 Å². The highest BCUT2D eigenvalue weighted by atomic mass is 16.7. The summed E-state index contributed by atoms with van der Waals surface area (Å²) in [5, 5.41) is 4.87. The predicted molar refractivity (Wildman–Crippen MR) is 122 cm³/mol. The van der Waals surface area contributed by atoms with Gasteiger partial charge in [0, 0.05) is 10.9 Å². The minimum Gasteiger partial charge on any atom is -0.422 e. The number of fused-ring (bicyclic) bond motifs is 1. The van der Waals surface area contributed by atoms with Gasteiger partial charge in [-0.3, -0.25) is 0 Å². The van der Waals surface area contributed by atoms with Gasteiger partial charge in [0.05, 0.1) is 11.2 Å². The Morgan fingerprint density at radius 3 is 2.44 bits per heavy atom. The van der Waals surface area contributed by atoms with E-state index in [-0.39, 0.29) is 11.5 Å². The first-order valence-electron chi connectivity index (χ1n) is 10.5. The highest BCUT2D eigenvalue weighted by Crippen LogP contribution is 2.36. The number of rotatable bonds is 3. The molecule has 1 saturated heterocycles. The van der Waals surface area contributed by atoms with E-state index in [4.69, 9.17) is 18.2 Å². The Bertz CT molecular complexity index is 1370. The first-order chi connectivity index (χ1) is 15.1. The third-order valence-electron chi connectivity index (χ3n) is 6.21. The van der Waals surface area contributed by atoms with Gasteiger partial charge in [-0.05, 0) is 58.3 Å². The maximum atomic E-state index is 12.5. The van der Waals surface area contributed by atoms with Gasteiger partial charge in [-0.15, -0.1) is 0 Å². The second-order valence-electron chi connectivity index (χ2n) is 9.13. The summed E-state index contributed by atoms with van der Waals surface area (Å²) in [4.78, 5) is 16.9. The molecule has 0 aliphatic carbocycles. The van der Waals surface area contributed by atoms with Crippen LogP contribution in [0.1, 0.15) is 33.3 Å². The molecule has 2 aromatic heterocycles. The summed E-state index contributed by atoms with van der Waals surface area (Å²) in [5.74, 6) is 0.472. The molecular formula is C24H23BN2O5. The first-order valence-corrected chi connectivity index (χ1v) is 10.5. The predicted octanol–water partition coefficient (Wildman–Crippen LogP) is 4.12. The molecule has 8 heteroatoms. The molecule has 4 aromatic rings. The molecule has 5 rings (SSSR count). The molecule has 0 atom stereocenters. The number of aryl methyl sites for hydroxylation is 1. The summed E-state index contributed by atoms with van der Waals surface area (Å²) in [6.45, 7) is 10.0. The van der Waals surface area contributed by atoms with Crippen LogP contribution in [0, 0.1) is 6.92 Å². The molecule has 1 aliphatic rings. The third-order valence-corrected chi connectivity index (χ3v) is 6.21. The average molecular weight is 430 g/mol. The van der Waals surface area contributed by atoms with E-state index < -0.39 is 23.9 Å². The molecule has 3 heterocycles. The summed E-state index contributed by atoms with van der Waals surface area (Å²) in [5.41, 5.74) is 1.99. The van der Waals surface area contributed by atoms with E-state index >= 15 is 0 Å². The van der Waals surface area contributed by atoms with Gasteiger partial charge in [0.25, 0.3) is 5.89 Å². The number of aromatic nitrogens is 2. The lowest BCUT2D eigenvalue weighted by atomic mass is 9.78. The second-order valence-corrected chi connectivity index (χ2v) is 9.13. The molecule has 0 radical (unpaired) electrons. The van der Waals surface area contributed by atoms with Gasteiger partial charge < -0.3 is 18.2 Å². The van der Waals surface area contributed by atoms with Crippen molar-refractivity contribution >= 4 is 23.6 Å². The lowest BCUT2D eigenvalue weighted by Gasteiger charge is -2.32. The van der Waals surface area contributed by atoms with Crippen molar-refractivity contribution in [3.63, 3.8) is 0 Å². The quantitative estimate of drug-likeness (QED) is 0.357. The fourth-order valence-electron chi connectivity index (χ4n) is 3.65. The van der Waals surface area contributed by atoms with E-state index in [0.717, 1.165) is 22.0 Å². The van der Waals surface area contributed by atoms with Crippen LogP contribution in [0.4, 0.5) is 0 Å². The highest BCUT2D eigenvalue weighted by Gasteiger charge is 2.51. The van der Waals surface area contributed by atoms with Gasteiger partial charge >= 0.3 is 12.7 Å². The van der Waals surface area contributed by atoms with E-state index in [2.05, 4.69) is 10.1 Å². The maximum Gasteiger partial charge on any atom is 0.494 e.